The summed E-state index contributed by atoms with van der Waals surface area (Å²) in [6.45, 7) is 0.470. The van der Waals surface area contributed by atoms with Crippen LogP contribution in [0.1, 0.15) is 48.0 Å². The number of likely N-dealkylation sites (N-methyl/N-ethyl adjacent to an activating group) is 1. The third-order valence-electron chi connectivity index (χ3n) is 6.15. The van der Waals surface area contributed by atoms with Gasteiger partial charge in [-0.2, -0.15) is 13.2 Å². The lowest BCUT2D eigenvalue weighted by Gasteiger charge is -2.43. The average Bonchev–Trinajstić information content (AvgIpc) is 2.77. The van der Waals surface area contributed by atoms with Crippen LogP contribution in [0.25, 0.3) is 0 Å². The highest BCUT2D eigenvalue weighted by Crippen LogP contribution is 2.40. The first-order valence-electron chi connectivity index (χ1n) is 10.6. The number of hydrogen-bond donors (Lipinski definition) is 1. The molecule has 0 aliphatic heterocycles. The van der Waals surface area contributed by atoms with Crippen LogP contribution in [0, 0.1) is 10.1 Å². The van der Waals surface area contributed by atoms with Crippen molar-refractivity contribution in [2.45, 2.75) is 53.6 Å². The maximum Gasteiger partial charge on any atom is 0.416 e. The second-order valence-corrected chi connectivity index (χ2v) is 9.48. The number of amides is 1. The van der Waals surface area contributed by atoms with E-state index in [1.54, 1.807) is 24.3 Å². The summed E-state index contributed by atoms with van der Waals surface area (Å²) in [5.41, 5.74) is -1.55. The number of benzene rings is 2. The third-order valence-corrected chi connectivity index (χ3v) is 7.29. The van der Waals surface area contributed by atoms with Gasteiger partial charge in [0.15, 0.2) is 0 Å². The molecular formula is C23H26F3N3O3S. The molecule has 33 heavy (non-hydrogen) atoms. The molecule has 0 aromatic heterocycles. The van der Waals surface area contributed by atoms with E-state index in [1.807, 2.05) is 14.1 Å². The lowest BCUT2D eigenvalue weighted by atomic mass is 9.80. The van der Waals surface area contributed by atoms with Gasteiger partial charge in [-0.25, -0.2) is 0 Å². The molecule has 0 spiro atoms. The van der Waals surface area contributed by atoms with Crippen molar-refractivity contribution in [3.8, 4) is 0 Å². The van der Waals surface area contributed by atoms with Crippen molar-refractivity contribution < 1.29 is 22.9 Å². The summed E-state index contributed by atoms with van der Waals surface area (Å²) in [4.78, 5) is 26.2. The fourth-order valence-corrected chi connectivity index (χ4v) is 5.14. The Bertz CT molecular complexity index is 1020. The van der Waals surface area contributed by atoms with Crippen molar-refractivity contribution in [3.05, 3.63) is 63.7 Å². The van der Waals surface area contributed by atoms with Crippen molar-refractivity contribution in [3.63, 3.8) is 0 Å². The molecule has 10 heteroatoms. The van der Waals surface area contributed by atoms with Crippen LogP contribution in [0.15, 0.2) is 52.3 Å². The zero-order valence-electron chi connectivity index (χ0n) is 18.4. The Hall–Kier alpha value is -2.59. The number of rotatable bonds is 7. The number of nitro groups is 1. The highest BCUT2D eigenvalue weighted by atomic mass is 32.2. The molecule has 1 amide bonds. The highest BCUT2D eigenvalue weighted by molar-refractivity contribution is 7.99. The maximum absolute atomic E-state index is 13.0. The molecule has 1 aliphatic rings. The van der Waals surface area contributed by atoms with Gasteiger partial charge in [-0.15, -0.1) is 0 Å². The number of alkyl halides is 3. The van der Waals surface area contributed by atoms with Crippen LogP contribution < -0.4 is 5.32 Å². The van der Waals surface area contributed by atoms with Crippen molar-refractivity contribution in [1.82, 2.24) is 10.2 Å². The number of carbonyl (C=O) groups is 1. The summed E-state index contributed by atoms with van der Waals surface area (Å²) in [7, 11) is 4.01. The fraction of sp³-hybridized carbons (Fsp3) is 0.435. The Balaban J connectivity index is 1.84. The molecule has 1 aliphatic carbocycles. The molecule has 1 saturated carbocycles. The van der Waals surface area contributed by atoms with E-state index in [9.17, 15) is 28.1 Å². The van der Waals surface area contributed by atoms with Crippen LogP contribution in [-0.4, -0.2) is 41.9 Å². The smallest absolute Gasteiger partial charge is 0.350 e. The average molecular weight is 482 g/mol. The molecule has 0 atom stereocenters. The van der Waals surface area contributed by atoms with Crippen LogP contribution in [0.4, 0.5) is 18.9 Å². The van der Waals surface area contributed by atoms with E-state index in [0.717, 1.165) is 49.6 Å². The molecule has 0 bridgehead atoms. The molecule has 178 valence electrons. The van der Waals surface area contributed by atoms with Crippen LogP contribution in [-0.2, 0) is 6.18 Å². The zero-order chi connectivity index (χ0) is 24.2. The minimum atomic E-state index is -4.69. The number of carbonyl (C=O) groups excluding carboxylic acids is 1. The molecular weight excluding hydrogens is 455 g/mol. The van der Waals surface area contributed by atoms with Gasteiger partial charge in [0.05, 0.1) is 20.9 Å². The highest BCUT2D eigenvalue weighted by Gasteiger charge is 2.35. The molecule has 3 rings (SSSR count). The number of nitro benzene ring substituents is 1. The second-order valence-electron chi connectivity index (χ2n) is 8.40. The van der Waals surface area contributed by atoms with Gasteiger partial charge in [0.1, 0.15) is 0 Å². The normalized spacial score (nSPS) is 15.9. The lowest BCUT2D eigenvalue weighted by molar-refractivity contribution is -0.388. The Morgan fingerprint density at radius 3 is 2.39 bits per heavy atom. The fourth-order valence-electron chi connectivity index (χ4n) is 4.12. The first-order chi connectivity index (χ1) is 15.5. The van der Waals surface area contributed by atoms with Crippen LogP contribution in [0.3, 0.4) is 0 Å². The summed E-state index contributed by atoms with van der Waals surface area (Å²) < 4.78 is 39.0. The molecule has 0 saturated heterocycles. The van der Waals surface area contributed by atoms with Crippen LogP contribution in [0.5, 0.6) is 0 Å². The van der Waals surface area contributed by atoms with Gasteiger partial charge in [0.25, 0.3) is 11.6 Å². The first-order valence-corrected chi connectivity index (χ1v) is 11.4. The van der Waals surface area contributed by atoms with E-state index >= 15 is 0 Å². The van der Waals surface area contributed by atoms with Crippen LogP contribution in [0.2, 0.25) is 0 Å². The van der Waals surface area contributed by atoms with Gasteiger partial charge in [-0.1, -0.05) is 43.2 Å². The number of nitrogens with zero attached hydrogens (tertiary/aromatic N) is 2. The van der Waals surface area contributed by atoms with Crippen molar-refractivity contribution >= 4 is 23.4 Å². The van der Waals surface area contributed by atoms with Crippen LogP contribution >= 0.6 is 11.8 Å². The second kappa shape index (κ2) is 10.1. The summed E-state index contributed by atoms with van der Waals surface area (Å²) >= 11 is 0.903. The predicted molar refractivity (Wildman–Crippen MR) is 120 cm³/mol. The molecule has 1 fully saturated rings. The van der Waals surface area contributed by atoms with Gasteiger partial charge in [-0.3, -0.25) is 14.9 Å². The topological polar surface area (TPSA) is 75.5 Å². The summed E-state index contributed by atoms with van der Waals surface area (Å²) in [5, 5.41) is 14.4. The van der Waals surface area contributed by atoms with Crippen molar-refractivity contribution in [1.29, 1.82) is 0 Å². The van der Waals surface area contributed by atoms with Crippen molar-refractivity contribution in [2.24, 2.45) is 0 Å². The Morgan fingerprint density at radius 1 is 1.12 bits per heavy atom. The standard InChI is InChI=1S/C23H26F3N3O3S/c1-28(2)22(12-6-3-7-13-22)15-27-21(30)17-8-4-5-9-19(17)33-20-11-10-16(23(24,25)26)14-18(20)29(31)32/h4-5,8-11,14H,3,6-7,12-13,15H2,1-2H3,(H,27,30). The van der Waals surface area contributed by atoms with E-state index in [-0.39, 0.29) is 16.3 Å². The first kappa shape index (κ1) is 25.0. The molecule has 2 aromatic carbocycles. The van der Waals surface area contributed by atoms with E-state index in [1.165, 1.54) is 6.42 Å². The molecule has 0 heterocycles. The molecule has 6 nitrogen and oxygen atoms in total. The van der Waals surface area contributed by atoms with Gasteiger partial charge < -0.3 is 10.2 Å². The number of halogens is 3. The molecule has 0 unspecified atom stereocenters. The quantitative estimate of drug-likeness (QED) is 0.402. The minimum absolute atomic E-state index is 0.0327. The zero-order valence-corrected chi connectivity index (χ0v) is 19.3. The Morgan fingerprint density at radius 2 is 1.79 bits per heavy atom. The van der Waals surface area contributed by atoms with Crippen molar-refractivity contribution in [2.75, 3.05) is 20.6 Å². The SMILES string of the molecule is CN(C)C1(CNC(=O)c2ccccc2Sc2ccc(C(F)(F)F)cc2[N+](=O)[O-])CCCCC1. The van der Waals surface area contributed by atoms with E-state index in [2.05, 4.69) is 10.2 Å². The van der Waals surface area contributed by atoms with Gasteiger partial charge >= 0.3 is 6.18 Å². The van der Waals surface area contributed by atoms with Gasteiger partial charge in [0.2, 0.25) is 0 Å². The number of nitrogens with one attached hydrogen (secondary N) is 1. The summed E-state index contributed by atoms with van der Waals surface area (Å²) in [6.07, 6.45) is 0.640. The van der Waals surface area contributed by atoms with Gasteiger partial charge in [0, 0.05) is 23.0 Å². The van der Waals surface area contributed by atoms with E-state index < -0.39 is 22.4 Å². The summed E-state index contributed by atoms with van der Waals surface area (Å²) in [6, 6.07) is 9.00. The third kappa shape index (κ3) is 5.86. The van der Waals surface area contributed by atoms with E-state index in [0.29, 0.717) is 23.1 Å². The number of hydrogen-bond acceptors (Lipinski definition) is 5. The molecule has 2 aromatic rings. The maximum atomic E-state index is 13.0. The Kier molecular flexibility index (Phi) is 7.69. The molecule has 0 radical (unpaired) electrons. The molecule has 1 N–H and O–H groups in total. The lowest BCUT2D eigenvalue weighted by Crippen LogP contribution is -2.53. The Labute approximate surface area is 194 Å². The van der Waals surface area contributed by atoms with Gasteiger partial charge in [-0.05, 0) is 51.2 Å². The largest absolute Gasteiger partial charge is 0.416 e. The predicted octanol–water partition coefficient (Wildman–Crippen LogP) is 5.76. The monoisotopic (exact) mass is 481 g/mol. The summed E-state index contributed by atoms with van der Waals surface area (Å²) in [5.74, 6) is -0.320. The van der Waals surface area contributed by atoms with E-state index in [4.69, 9.17) is 0 Å². The minimum Gasteiger partial charge on any atom is -0.350 e.